The van der Waals surface area contributed by atoms with Crippen LogP contribution in [-0.4, -0.2) is 66.7 Å². The van der Waals surface area contributed by atoms with Crippen LogP contribution in [0.3, 0.4) is 0 Å². The Hall–Kier alpha value is -2.22. The van der Waals surface area contributed by atoms with E-state index in [0.29, 0.717) is 30.2 Å². The van der Waals surface area contributed by atoms with E-state index in [0.717, 1.165) is 38.3 Å². The van der Waals surface area contributed by atoms with E-state index in [1.54, 1.807) is 4.90 Å². The fourth-order valence-electron chi connectivity index (χ4n) is 5.53. The van der Waals surface area contributed by atoms with E-state index in [-0.39, 0.29) is 5.91 Å². The molecule has 8 nitrogen and oxygen atoms in total. The number of hydrogen-bond acceptors (Lipinski definition) is 5. The van der Waals surface area contributed by atoms with Crippen LogP contribution in [-0.2, 0) is 13.1 Å². The molecule has 2 aromatic rings. The maximum absolute atomic E-state index is 12.6. The van der Waals surface area contributed by atoms with Crippen molar-refractivity contribution in [3.63, 3.8) is 0 Å². The Balaban J connectivity index is 1.39. The number of nitrogens with zero attached hydrogens (tertiary/aromatic N) is 7. The lowest BCUT2D eigenvalue weighted by atomic mass is 9.59. The van der Waals surface area contributed by atoms with Gasteiger partial charge in [-0.25, -0.2) is 4.68 Å². The summed E-state index contributed by atoms with van der Waals surface area (Å²) in [4.78, 5) is 17.0. The van der Waals surface area contributed by atoms with E-state index in [1.165, 1.54) is 30.5 Å². The number of aromatic nitrogens is 5. The average Bonchev–Trinajstić information content (AvgIpc) is 3.34. The summed E-state index contributed by atoms with van der Waals surface area (Å²) in [6, 6.07) is 0.367. The van der Waals surface area contributed by atoms with Crippen molar-refractivity contribution in [1.82, 2.24) is 34.6 Å². The first-order valence-corrected chi connectivity index (χ1v) is 11.9. The molecule has 2 aromatic heterocycles. The minimum Gasteiger partial charge on any atom is -0.338 e. The van der Waals surface area contributed by atoms with Gasteiger partial charge in [0.1, 0.15) is 0 Å². The highest BCUT2D eigenvalue weighted by Gasteiger charge is 2.49. The summed E-state index contributed by atoms with van der Waals surface area (Å²) in [5.41, 5.74) is 4.63. The molecule has 0 radical (unpaired) electrons. The molecule has 0 N–H and O–H groups in total. The number of likely N-dealkylation sites (tertiary alicyclic amines) is 1. The molecular formula is C23H37N7O. The Morgan fingerprint density at radius 2 is 1.87 bits per heavy atom. The zero-order chi connectivity index (χ0) is 22.2. The maximum Gasteiger partial charge on any atom is 0.276 e. The number of piperidine rings is 1. The molecule has 1 amide bonds. The van der Waals surface area contributed by atoms with Crippen molar-refractivity contribution in [1.29, 1.82) is 0 Å². The van der Waals surface area contributed by atoms with Gasteiger partial charge in [-0.05, 0) is 78.8 Å². The standard InChI is InChI=1S/C23H37N7O/c1-6-28(7-2)22(31)20-16-30(26-24-20)21-9-10-23(21)11-13-27(14-12-23)15-19-17(4)25-29(8-3)18(19)5/h16,21H,6-15H2,1-5H3. The van der Waals surface area contributed by atoms with Gasteiger partial charge in [0, 0.05) is 37.4 Å². The summed E-state index contributed by atoms with van der Waals surface area (Å²) in [5.74, 6) is -0.0159. The molecule has 0 bridgehead atoms. The molecule has 1 aliphatic heterocycles. The highest BCUT2D eigenvalue weighted by atomic mass is 16.2. The summed E-state index contributed by atoms with van der Waals surface area (Å²) < 4.78 is 4.09. The summed E-state index contributed by atoms with van der Waals surface area (Å²) in [6.07, 6.45) is 6.61. The zero-order valence-electron chi connectivity index (χ0n) is 19.8. The normalized spacial score (nSPS) is 20.7. The molecule has 8 heteroatoms. The monoisotopic (exact) mass is 427 g/mol. The first-order valence-electron chi connectivity index (χ1n) is 11.9. The van der Waals surface area contributed by atoms with Crippen LogP contribution in [0.15, 0.2) is 6.20 Å². The van der Waals surface area contributed by atoms with Gasteiger partial charge in [0.25, 0.3) is 5.91 Å². The second kappa shape index (κ2) is 8.73. The van der Waals surface area contributed by atoms with Crippen LogP contribution in [0.4, 0.5) is 0 Å². The van der Waals surface area contributed by atoms with Crippen molar-refractivity contribution < 1.29 is 4.79 Å². The Labute approximate surface area is 185 Å². The molecular weight excluding hydrogens is 390 g/mol. The molecule has 4 rings (SSSR count). The van der Waals surface area contributed by atoms with Crippen molar-refractivity contribution in [3.8, 4) is 0 Å². The summed E-state index contributed by atoms with van der Waals surface area (Å²) >= 11 is 0. The Morgan fingerprint density at radius 3 is 2.42 bits per heavy atom. The van der Waals surface area contributed by atoms with E-state index in [2.05, 4.69) is 45.8 Å². The van der Waals surface area contributed by atoms with E-state index >= 15 is 0 Å². The van der Waals surface area contributed by atoms with Gasteiger partial charge in [-0.3, -0.25) is 14.4 Å². The third-order valence-electron chi connectivity index (χ3n) is 7.79. The summed E-state index contributed by atoms with van der Waals surface area (Å²) in [7, 11) is 0. The Bertz CT molecular complexity index is 919. The third kappa shape index (κ3) is 3.90. The lowest BCUT2D eigenvalue weighted by molar-refractivity contribution is -0.0334. The van der Waals surface area contributed by atoms with Crippen LogP contribution in [0, 0.1) is 19.3 Å². The predicted molar refractivity (Wildman–Crippen MR) is 120 cm³/mol. The molecule has 170 valence electrons. The molecule has 1 unspecified atom stereocenters. The first-order chi connectivity index (χ1) is 14.9. The number of aryl methyl sites for hydroxylation is 2. The van der Waals surface area contributed by atoms with Crippen LogP contribution in [0.25, 0.3) is 0 Å². The number of hydrogen-bond donors (Lipinski definition) is 0. The van der Waals surface area contributed by atoms with Gasteiger partial charge in [0.2, 0.25) is 0 Å². The topological polar surface area (TPSA) is 72.1 Å². The minimum absolute atomic E-state index is 0.0159. The molecule has 0 aromatic carbocycles. The van der Waals surface area contributed by atoms with Crippen molar-refractivity contribution in [3.05, 3.63) is 28.8 Å². The minimum atomic E-state index is -0.0159. The summed E-state index contributed by atoms with van der Waals surface area (Å²) in [5, 5.41) is 13.3. The van der Waals surface area contributed by atoms with Gasteiger partial charge < -0.3 is 4.90 Å². The number of rotatable bonds is 7. The van der Waals surface area contributed by atoms with Crippen LogP contribution in [0.1, 0.15) is 79.9 Å². The van der Waals surface area contributed by atoms with Crippen molar-refractivity contribution >= 4 is 5.91 Å². The van der Waals surface area contributed by atoms with Gasteiger partial charge in [0.05, 0.1) is 17.9 Å². The van der Waals surface area contributed by atoms with Gasteiger partial charge >= 0.3 is 0 Å². The maximum atomic E-state index is 12.6. The van der Waals surface area contributed by atoms with Crippen LogP contribution in [0.2, 0.25) is 0 Å². The van der Waals surface area contributed by atoms with E-state index in [9.17, 15) is 4.79 Å². The quantitative estimate of drug-likeness (QED) is 0.678. The largest absolute Gasteiger partial charge is 0.338 e. The fourth-order valence-corrected chi connectivity index (χ4v) is 5.53. The van der Waals surface area contributed by atoms with E-state index < -0.39 is 0 Å². The van der Waals surface area contributed by atoms with E-state index in [1.807, 2.05) is 24.7 Å². The lowest BCUT2D eigenvalue weighted by Crippen LogP contribution is -2.49. The van der Waals surface area contributed by atoms with Crippen LogP contribution < -0.4 is 0 Å². The van der Waals surface area contributed by atoms with Crippen molar-refractivity contribution in [2.45, 2.75) is 79.4 Å². The first kappa shape index (κ1) is 22.0. The third-order valence-corrected chi connectivity index (χ3v) is 7.79. The number of carbonyl (C=O) groups excluding carboxylic acids is 1. The fraction of sp³-hybridized carbons (Fsp3) is 0.739. The van der Waals surface area contributed by atoms with Crippen molar-refractivity contribution in [2.75, 3.05) is 26.2 Å². The summed E-state index contributed by atoms with van der Waals surface area (Å²) in [6.45, 7) is 16.0. The molecule has 3 heterocycles. The smallest absolute Gasteiger partial charge is 0.276 e. The molecule has 2 aliphatic rings. The Kier molecular flexibility index (Phi) is 6.19. The van der Waals surface area contributed by atoms with Crippen molar-refractivity contribution in [2.24, 2.45) is 5.41 Å². The molecule has 31 heavy (non-hydrogen) atoms. The second-order valence-electron chi connectivity index (χ2n) is 9.22. The second-order valence-corrected chi connectivity index (χ2v) is 9.22. The molecule has 1 saturated heterocycles. The van der Waals surface area contributed by atoms with Crippen LogP contribution >= 0.6 is 0 Å². The van der Waals surface area contributed by atoms with Crippen LogP contribution in [0.5, 0.6) is 0 Å². The van der Waals surface area contributed by atoms with Gasteiger partial charge in [-0.2, -0.15) is 5.10 Å². The Morgan fingerprint density at radius 1 is 1.16 bits per heavy atom. The molecule has 1 aliphatic carbocycles. The van der Waals surface area contributed by atoms with Gasteiger partial charge in [-0.1, -0.05) is 5.21 Å². The highest BCUT2D eigenvalue weighted by Crippen LogP contribution is 2.56. The van der Waals surface area contributed by atoms with Gasteiger partial charge in [-0.15, -0.1) is 5.10 Å². The number of carbonyl (C=O) groups is 1. The highest BCUT2D eigenvalue weighted by molar-refractivity contribution is 5.91. The zero-order valence-corrected chi connectivity index (χ0v) is 19.8. The van der Waals surface area contributed by atoms with Gasteiger partial charge in [0.15, 0.2) is 5.69 Å². The molecule has 1 spiro atoms. The SMILES string of the molecule is CCN(CC)C(=O)c1cn(C2CCC23CCN(Cc2c(C)nn(CC)c2C)CC3)nn1. The predicted octanol–water partition coefficient (Wildman–Crippen LogP) is 3.21. The molecule has 1 atom stereocenters. The molecule has 1 saturated carbocycles. The average molecular weight is 428 g/mol. The molecule has 2 fully saturated rings. The van der Waals surface area contributed by atoms with E-state index in [4.69, 9.17) is 0 Å². The lowest BCUT2D eigenvalue weighted by Gasteiger charge is -2.53. The number of amides is 1.